The van der Waals surface area contributed by atoms with Crippen molar-refractivity contribution >= 4 is 9.84 Å². The molecule has 0 saturated heterocycles. The van der Waals surface area contributed by atoms with Crippen LogP contribution in [0.2, 0.25) is 0 Å². The van der Waals surface area contributed by atoms with E-state index in [9.17, 15) is 8.42 Å². The van der Waals surface area contributed by atoms with Crippen LogP contribution in [0.4, 0.5) is 0 Å². The van der Waals surface area contributed by atoms with Gasteiger partial charge in [-0.05, 0) is 26.8 Å². The Hall–Kier alpha value is -1.41. The Bertz CT molecular complexity index is 601. The Kier molecular flexibility index (Phi) is 2.94. The summed E-state index contributed by atoms with van der Waals surface area (Å²) in [6, 6.07) is 0. The third-order valence-corrected chi connectivity index (χ3v) is 4.24. The maximum absolute atomic E-state index is 12.2. The number of aromatic nitrogens is 3. The quantitative estimate of drug-likeness (QED) is 0.845. The van der Waals surface area contributed by atoms with Crippen molar-refractivity contribution in [2.75, 3.05) is 0 Å². The van der Waals surface area contributed by atoms with Crippen molar-refractivity contribution in [3.63, 3.8) is 0 Å². The van der Waals surface area contributed by atoms with E-state index in [0.717, 1.165) is 0 Å². The monoisotopic (exact) mass is 272 g/mol. The molecule has 0 radical (unpaired) electrons. The lowest BCUT2D eigenvalue weighted by Crippen LogP contribution is -2.22. The first kappa shape index (κ1) is 13.0. The molecule has 0 bridgehead atoms. The summed E-state index contributed by atoms with van der Waals surface area (Å²) in [6.45, 7) is 5.31. The second-order valence-corrected chi connectivity index (χ2v) is 6.76. The minimum absolute atomic E-state index is 0.0770. The summed E-state index contributed by atoms with van der Waals surface area (Å²) in [5.41, 5.74) is 1.82. The van der Waals surface area contributed by atoms with Gasteiger partial charge in [-0.15, -0.1) is 10.2 Å². The molecular formula is C10H16N4O3S. The molecule has 0 unspecified atom stereocenters. The molecule has 0 aromatic carbocycles. The number of hydrogen-bond donors (Lipinski definition) is 1. The van der Waals surface area contributed by atoms with E-state index in [-0.39, 0.29) is 10.8 Å². The molecule has 18 heavy (non-hydrogen) atoms. The number of nitrogens with one attached hydrogen (secondary N) is 1. The third kappa shape index (κ3) is 2.39. The molecule has 7 nitrogen and oxygen atoms in total. The molecule has 2 rings (SSSR count). The highest BCUT2D eigenvalue weighted by Gasteiger charge is 2.32. The van der Waals surface area contributed by atoms with Crippen LogP contribution in [0, 0.1) is 6.92 Å². The van der Waals surface area contributed by atoms with Crippen LogP contribution in [0.1, 0.15) is 25.5 Å². The highest BCUT2D eigenvalue weighted by molar-refractivity contribution is 7.94. The van der Waals surface area contributed by atoms with Gasteiger partial charge in [0.2, 0.25) is 9.84 Å². The standard InChI is InChI=1S/C10H16N4O3S/c1-7-11-12-8(14(7)4)6-18(15,16)9-5-10(2,3)17-13-9/h5,13H,6H2,1-4H3. The summed E-state index contributed by atoms with van der Waals surface area (Å²) < 4.78 is 26.0. The van der Waals surface area contributed by atoms with Crippen molar-refractivity contribution in [3.05, 3.63) is 22.8 Å². The molecule has 0 amide bonds. The highest BCUT2D eigenvalue weighted by Crippen LogP contribution is 2.23. The first-order valence-electron chi connectivity index (χ1n) is 5.46. The Labute approximate surface area is 106 Å². The molecule has 1 aromatic heterocycles. The molecule has 100 valence electrons. The zero-order chi connectivity index (χ0) is 13.6. The second kappa shape index (κ2) is 4.06. The second-order valence-electron chi connectivity index (χ2n) is 4.80. The van der Waals surface area contributed by atoms with Crippen molar-refractivity contribution in [1.29, 1.82) is 0 Å². The summed E-state index contributed by atoms with van der Waals surface area (Å²) in [6.07, 6.45) is 1.55. The highest BCUT2D eigenvalue weighted by atomic mass is 32.2. The van der Waals surface area contributed by atoms with Gasteiger partial charge in [-0.3, -0.25) is 10.3 Å². The van der Waals surface area contributed by atoms with Gasteiger partial charge < -0.3 is 4.57 Å². The van der Waals surface area contributed by atoms with Crippen molar-refractivity contribution in [1.82, 2.24) is 20.2 Å². The number of nitrogens with zero attached hydrogens (tertiary/aromatic N) is 3. The lowest BCUT2D eigenvalue weighted by molar-refractivity contribution is -0.0129. The first-order chi connectivity index (χ1) is 8.21. The lowest BCUT2D eigenvalue weighted by atomic mass is 10.1. The van der Waals surface area contributed by atoms with Crippen LogP contribution in [0.3, 0.4) is 0 Å². The molecule has 0 aliphatic carbocycles. The Morgan fingerprint density at radius 3 is 2.56 bits per heavy atom. The topological polar surface area (TPSA) is 86.1 Å². The fraction of sp³-hybridized carbons (Fsp3) is 0.600. The van der Waals surface area contributed by atoms with Crippen molar-refractivity contribution in [3.8, 4) is 0 Å². The fourth-order valence-corrected chi connectivity index (χ4v) is 2.91. The maximum atomic E-state index is 12.2. The molecule has 8 heteroatoms. The van der Waals surface area contributed by atoms with Gasteiger partial charge in [-0.25, -0.2) is 8.42 Å². The molecule has 1 N–H and O–H groups in total. The minimum Gasteiger partial charge on any atom is -0.317 e. The lowest BCUT2D eigenvalue weighted by Gasteiger charge is -2.11. The largest absolute Gasteiger partial charge is 0.317 e. The van der Waals surface area contributed by atoms with Crippen LogP contribution in [0.25, 0.3) is 0 Å². The number of aryl methyl sites for hydroxylation is 1. The minimum atomic E-state index is -3.49. The SMILES string of the molecule is Cc1nnc(CS(=O)(=O)C2=CC(C)(C)ON2)n1C. The van der Waals surface area contributed by atoms with Gasteiger partial charge in [-0.2, -0.15) is 0 Å². The summed E-state index contributed by atoms with van der Waals surface area (Å²) >= 11 is 0. The van der Waals surface area contributed by atoms with Gasteiger partial charge in [0.05, 0.1) is 0 Å². The normalized spacial score (nSPS) is 18.6. The van der Waals surface area contributed by atoms with Gasteiger partial charge in [-0.1, -0.05) is 0 Å². The van der Waals surface area contributed by atoms with Gasteiger partial charge in [0, 0.05) is 7.05 Å². The number of sulfone groups is 1. The molecule has 1 aromatic rings. The van der Waals surface area contributed by atoms with Crippen LogP contribution in [-0.2, 0) is 27.5 Å². The van der Waals surface area contributed by atoms with Crippen LogP contribution in [-0.4, -0.2) is 28.8 Å². The number of hydroxylamine groups is 1. The molecule has 0 atom stereocenters. The van der Waals surface area contributed by atoms with Crippen LogP contribution < -0.4 is 5.48 Å². The maximum Gasteiger partial charge on any atom is 0.202 e. The Morgan fingerprint density at radius 2 is 2.11 bits per heavy atom. The molecule has 0 fully saturated rings. The van der Waals surface area contributed by atoms with E-state index >= 15 is 0 Å². The van der Waals surface area contributed by atoms with E-state index in [4.69, 9.17) is 4.84 Å². The predicted octanol–water partition coefficient (Wildman–Crippen LogP) is 0.193. The third-order valence-electron chi connectivity index (χ3n) is 2.73. The fourth-order valence-electron chi connectivity index (χ4n) is 1.53. The molecule has 1 aliphatic rings. The van der Waals surface area contributed by atoms with Crippen molar-refractivity contribution in [2.45, 2.75) is 32.1 Å². The van der Waals surface area contributed by atoms with E-state index < -0.39 is 15.4 Å². The Balaban J connectivity index is 2.26. The van der Waals surface area contributed by atoms with Gasteiger partial charge in [0.1, 0.15) is 23.0 Å². The van der Waals surface area contributed by atoms with Crippen LogP contribution in [0.15, 0.2) is 11.1 Å². The summed E-state index contributed by atoms with van der Waals surface area (Å²) in [5.74, 6) is 0.868. The van der Waals surface area contributed by atoms with Crippen molar-refractivity contribution < 1.29 is 13.3 Å². The summed E-state index contributed by atoms with van der Waals surface area (Å²) in [4.78, 5) is 5.15. The molecule has 0 saturated carbocycles. The van der Waals surface area contributed by atoms with E-state index in [0.29, 0.717) is 11.6 Å². The zero-order valence-electron chi connectivity index (χ0n) is 10.8. The predicted molar refractivity (Wildman–Crippen MR) is 64.7 cm³/mol. The van der Waals surface area contributed by atoms with Gasteiger partial charge in [0.25, 0.3) is 0 Å². The summed E-state index contributed by atoms with van der Waals surface area (Å²) in [5, 5.41) is 7.76. The van der Waals surface area contributed by atoms with E-state index in [1.807, 2.05) is 0 Å². The number of hydrogen-bond acceptors (Lipinski definition) is 6. The molecule has 1 aliphatic heterocycles. The molecule has 2 heterocycles. The van der Waals surface area contributed by atoms with E-state index in [1.54, 1.807) is 38.5 Å². The van der Waals surface area contributed by atoms with Crippen LogP contribution >= 0.6 is 0 Å². The van der Waals surface area contributed by atoms with Gasteiger partial charge >= 0.3 is 0 Å². The smallest absolute Gasteiger partial charge is 0.202 e. The molecule has 0 spiro atoms. The summed E-state index contributed by atoms with van der Waals surface area (Å²) in [7, 11) is -1.76. The average molecular weight is 272 g/mol. The van der Waals surface area contributed by atoms with E-state index in [2.05, 4.69) is 15.7 Å². The van der Waals surface area contributed by atoms with Crippen molar-refractivity contribution in [2.24, 2.45) is 7.05 Å². The van der Waals surface area contributed by atoms with E-state index in [1.165, 1.54) is 0 Å². The van der Waals surface area contributed by atoms with Gasteiger partial charge in [0.15, 0.2) is 5.03 Å². The Morgan fingerprint density at radius 1 is 1.44 bits per heavy atom. The number of rotatable bonds is 3. The average Bonchev–Trinajstić information content (AvgIpc) is 2.76. The van der Waals surface area contributed by atoms with Crippen LogP contribution in [0.5, 0.6) is 0 Å². The molecular weight excluding hydrogens is 256 g/mol. The zero-order valence-corrected chi connectivity index (χ0v) is 11.6. The first-order valence-corrected chi connectivity index (χ1v) is 7.11.